The van der Waals surface area contributed by atoms with Crippen LogP contribution in [0, 0.1) is 17.8 Å². The van der Waals surface area contributed by atoms with Gasteiger partial charge in [0.05, 0.1) is 6.61 Å². The van der Waals surface area contributed by atoms with Crippen LogP contribution < -0.4 is 4.74 Å². The maximum atomic E-state index is 5.47. The van der Waals surface area contributed by atoms with Crippen LogP contribution in [-0.2, 0) is 0 Å². The number of hydrogen-bond acceptors (Lipinski definition) is 1. The van der Waals surface area contributed by atoms with E-state index in [0.29, 0.717) is 6.61 Å². The summed E-state index contributed by atoms with van der Waals surface area (Å²) in [5.41, 5.74) is 3.60. The molecule has 0 N–H and O–H groups in total. The molecule has 0 atom stereocenters. The Bertz CT molecular complexity index is 722. The summed E-state index contributed by atoms with van der Waals surface area (Å²) >= 11 is 0. The average Bonchev–Trinajstić information content (AvgIpc) is 2.69. The first-order valence-electron chi connectivity index (χ1n) is 10.1. The molecule has 0 aliphatic heterocycles. The normalized spacial score (nSPS) is 19.5. The lowest BCUT2D eigenvalue weighted by Gasteiger charge is -2.28. The van der Waals surface area contributed by atoms with Gasteiger partial charge < -0.3 is 4.74 Å². The van der Waals surface area contributed by atoms with Gasteiger partial charge in [-0.3, -0.25) is 0 Å². The first kappa shape index (κ1) is 18.6. The molecule has 1 aliphatic rings. The second kappa shape index (κ2) is 9.48. The summed E-state index contributed by atoms with van der Waals surface area (Å²) in [7, 11) is 0. The molecule has 1 nitrogen and oxygen atoms in total. The minimum atomic E-state index is 0.692. The van der Waals surface area contributed by atoms with Crippen molar-refractivity contribution in [2.45, 2.75) is 58.3 Å². The van der Waals surface area contributed by atoms with Crippen molar-refractivity contribution in [2.75, 3.05) is 6.61 Å². The Kier molecular flexibility index (Phi) is 6.78. The smallest absolute Gasteiger partial charge is 0.119 e. The highest BCUT2D eigenvalue weighted by molar-refractivity contribution is 5.45. The minimum Gasteiger partial charge on any atom is -0.494 e. The number of rotatable bonds is 5. The van der Waals surface area contributed by atoms with Crippen LogP contribution in [-0.4, -0.2) is 6.61 Å². The van der Waals surface area contributed by atoms with Gasteiger partial charge in [0, 0.05) is 11.1 Å². The standard InChI is InChI=1S/C25H30O/c1-3-5-20-8-14-23(15-9-20)24-16-10-21(11-17-24)6-7-22-12-18-25(19-13-22)26-4-2/h10-13,16-20,23H,3-5,8-9,14-15H2,1-2H3/t20-,23-. The van der Waals surface area contributed by atoms with Crippen LogP contribution >= 0.6 is 0 Å². The molecule has 0 aromatic heterocycles. The minimum absolute atomic E-state index is 0.692. The molecule has 1 saturated carbocycles. The lowest BCUT2D eigenvalue weighted by molar-refractivity contribution is 0.308. The third kappa shape index (κ3) is 5.15. The molecule has 1 fully saturated rings. The summed E-state index contributed by atoms with van der Waals surface area (Å²) < 4.78 is 5.47. The molecule has 0 bridgehead atoms. The van der Waals surface area contributed by atoms with E-state index in [2.05, 4.69) is 43.0 Å². The van der Waals surface area contributed by atoms with E-state index in [-0.39, 0.29) is 0 Å². The topological polar surface area (TPSA) is 9.23 Å². The zero-order chi connectivity index (χ0) is 18.2. The van der Waals surface area contributed by atoms with E-state index in [0.717, 1.165) is 28.7 Å². The maximum absolute atomic E-state index is 5.47. The molecule has 0 saturated heterocycles. The number of hydrogen-bond donors (Lipinski definition) is 0. The van der Waals surface area contributed by atoms with Gasteiger partial charge in [-0.1, -0.05) is 43.7 Å². The Morgan fingerprint density at radius 1 is 0.808 bits per heavy atom. The van der Waals surface area contributed by atoms with Gasteiger partial charge in [0.1, 0.15) is 5.75 Å². The largest absolute Gasteiger partial charge is 0.494 e. The molecule has 2 aromatic carbocycles. The van der Waals surface area contributed by atoms with E-state index in [1.54, 1.807) is 0 Å². The Labute approximate surface area is 158 Å². The molecule has 0 heterocycles. The van der Waals surface area contributed by atoms with E-state index in [1.165, 1.54) is 44.1 Å². The van der Waals surface area contributed by atoms with Gasteiger partial charge in [0.15, 0.2) is 0 Å². The molecule has 2 aromatic rings. The van der Waals surface area contributed by atoms with Crippen LogP contribution in [0.3, 0.4) is 0 Å². The summed E-state index contributed by atoms with van der Waals surface area (Å²) in [6, 6.07) is 16.9. The summed E-state index contributed by atoms with van der Waals surface area (Å²) in [5, 5.41) is 0. The summed E-state index contributed by atoms with van der Waals surface area (Å²) in [6.07, 6.45) is 8.24. The summed E-state index contributed by atoms with van der Waals surface area (Å²) in [5.74, 6) is 9.13. The predicted molar refractivity (Wildman–Crippen MR) is 110 cm³/mol. The van der Waals surface area contributed by atoms with Crippen molar-refractivity contribution in [3.8, 4) is 17.6 Å². The van der Waals surface area contributed by atoms with Crippen LogP contribution in [0.4, 0.5) is 0 Å². The summed E-state index contributed by atoms with van der Waals surface area (Å²) in [6.45, 7) is 4.99. The van der Waals surface area contributed by atoms with Gasteiger partial charge in [0.2, 0.25) is 0 Å². The van der Waals surface area contributed by atoms with Crippen molar-refractivity contribution in [2.24, 2.45) is 5.92 Å². The third-order valence-corrected chi connectivity index (χ3v) is 5.44. The fourth-order valence-electron chi connectivity index (χ4n) is 3.98. The molecule has 1 aliphatic carbocycles. The van der Waals surface area contributed by atoms with Gasteiger partial charge >= 0.3 is 0 Å². The number of ether oxygens (including phenoxy) is 1. The molecule has 1 heteroatoms. The second-order valence-corrected chi connectivity index (χ2v) is 7.34. The van der Waals surface area contributed by atoms with Crippen molar-refractivity contribution in [3.63, 3.8) is 0 Å². The molecular formula is C25H30O. The van der Waals surface area contributed by atoms with Crippen LogP contribution in [0.5, 0.6) is 5.75 Å². The fourth-order valence-corrected chi connectivity index (χ4v) is 3.98. The molecule has 0 amide bonds. The van der Waals surface area contributed by atoms with Crippen molar-refractivity contribution < 1.29 is 4.74 Å². The lowest BCUT2D eigenvalue weighted by Crippen LogP contribution is -2.13. The monoisotopic (exact) mass is 346 g/mol. The van der Waals surface area contributed by atoms with Crippen LogP contribution in [0.2, 0.25) is 0 Å². The molecule has 0 radical (unpaired) electrons. The zero-order valence-electron chi connectivity index (χ0n) is 16.1. The Hall–Kier alpha value is -2.20. The summed E-state index contributed by atoms with van der Waals surface area (Å²) in [4.78, 5) is 0. The highest BCUT2D eigenvalue weighted by Crippen LogP contribution is 2.37. The van der Waals surface area contributed by atoms with Crippen molar-refractivity contribution in [3.05, 3.63) is 65.2 Å². The highest BCUT2D eigenvalue weighted by Gasteiger charge is 2.21. The quantitative estimate of drug-likeness (QED) is 0.557. The van der Waals surface area contributed by atoms with E-state index >= 15 is 0 Å². The first-order valence-corrected chi connectivity index (χ1v) is 10.1. The van der Waals surface area contributed by atoms with Crippen molar-refractivity contribution in [1.29, 1.82) is 0 Å². The van der Waals surface area contributed by atoms with E-state index < -0.39 is 0 Å². The van der Waals surface area contributed by atoms with E-state index in [1.807, 2.05) is 31.2 Å². The Balaban J connectivity index is 1.58. The van der Waals surface area contributed by atoms with Crippen molar-refractivity contribution >= 4 is 0 Å². The SMILES string of the molecule is CCC[C@H]1CC[C@H](c2ccc(C#Cc3ccc(OCC)cc3)cc2)CC1. The number of benzene rings is 2. The van der Waals surface area contributed by atoms with Gasteiger partial charge in [-0.15, -0.1) is 0 Å². The van der Waals surface area contributed by atoms with Crippen LogP contribution in [0.1, 0.15) is 75.0 Å². The third-order valence-electron chi connectivity index (χ3n) is 5.44. The predicted octanol–water partition coefficient (Wildman–Crippen LogP) is 6.56. The Morgan fingerprint density at radius 3 is 1.92 bits per heavy atom. The maximum Gasteiger partial charge on any atom is 0.119 e. The molecular weight excluding hydrogens is 316 g/mol. The van der Waals surface area contributed by atoms with Crippen LogP contribution in [0.25, 0.3) is 0 Å². The zero-order valence-corrected chi connectivity index (χ0v) is 16.1. The van der Waals surface area contributed by atoms with Crippen LogP contribution in [0.15, 0.2) is 48.5 Å². The fraction of sp³-hybridized carbons (Fsp3) is 0.440. The first-order chi connectivity index (χ1) is 12.8. The molecule has 0 spiro atoms. The molecule has 136 valence electrons. The van der Waals surface area contributed by atoms with Gasteiger partial charge in [0.25, 0.3) is 0 Å². The van der Waals surface area contributed by atoms with Gasteiger partial charge in [-0.25, -0.2) is 0 Å². The second-order valence-electron chi connectivity index (χ2n) is 7.34. The Morgan fingerprint density at radius 2 is 1.38 bits per heavy atom. The van der Waals surface area contributed by atoms with E-state index in [4.69, 9.17) is 4.74 Å². The van der Waals surface area contributed by atoms with E-state index in [9.17, 15) is 0 Å². The molecule has 3 rings (SSSR count). The average molecular weight is 347 g/mol. The lowest BCUT2D eigenvalue weighted by atomic mass is 9.77. The molecule has 26 heavy (non-hydrogen) atoms. The van der Waals surface area contributed by atoms with Crippen molar-refractivity contribution in [1.82, 2.24) is 0 Å². The van der Waals surface area contributed by atoms with Gasteiger partial charge in [-0.05, 0) is 86.4 Å². The highest BCUT2D eigenvalue weighted by atomic mass is 16.5. The van der Waals surface area contributed by atoms with Gasteiger partial charge in [-0.2, -0.15) is 0 Å². The molecule has 0 unspecified atom stereocenters.